The number of nitrogens with zero attached hydrogens (tertiary/aromatic N) is 1. The van der Waals surface area contributed by atoms with Crippen LogP contribution in [0.2, 0.25) is 0 Å². The first-order valence-corrected chi connectivity index (χ1v) is 9.56. The van der Waals surface area contributed by atoms with Gasteiger partial charge in [0.2, 0.25) is 5.91 Å². The molecule has 0 aromatic heterocycles. The summed E-state index contributed by atoms with van der Waals surface area (Å²) in [7, 11) is 0. The Labute approximate surface area is 171 Å². The maximum atomic E-state index is 12.5. The molecule has 0 radical (unpaired) electrons. The maximum absolute atomic E-state index is 12.5. The molecule has 0 spiro atoms. The number of carbonyl (C=O) groups excluding carboxylic acids is 3. The van der Waals surface area contributed by atoms with E-state index >= 15 is 0 Å². The summed E-state index contributed by atoms with van der Waals surface area (Å²) in [5, 5.41) is 10.9. The smallest absolute Gasteiger partial charge is 0.307 e. The number of nitrogens with one attached hydrogen (secondary N) is 1. The summed E-state index contributed by atoms with van der Waals surface area (Å²) in [6.07, 6.45) is 1.52. The van der Waals surface area contributed by atoms with Crippen LogP contribution in [0.25, 0.3) is 6.08 Å². The van der Waals surface area contributed by atoms with E-state index in [2.05, 4.69) is 5.32 Å². The predicted octanol–water partition coefficient (Wildman–Crippen LogP) is 3.30. The topological polar surface area (TPSA) is 104 Å². The summed E-state index contributed by atoms with van der Waals surface area (Å²) in [6, 6.07) is 13.9. The molecule has 2 aromatic carbocycles. The van der Waals surface area contributed by atoms with E-state index < -0.39 is 29.6 Å². The highest BCUT2D eigenvalue weighted by molar-refractivity contribution is 8.18. The zero-order valence-electron chi connectivity index (χ0n) is 15.5. The Hall–Kier alpha value is -3.39. The molecule has 2 N–H and O–H groups in total. The molecule has 3 rings (SSSR count). The first-order chi connectivity index (χ1) is 13.8. The molecule has 0 unspecified atom stereocenters. The Balaban J connectivity index is 1.63. The van der Waals surface area contributed by atoms with Gasteiger partial charge in [0.15, 0.2) is 0 Å². The first-order valence-electron chi connectivity index (χ1n) is 8.74. The molecule has 3 amide bonds. The number of rotatable bonds is 6. The second-order valence-corrected chi connectivity index (χ2v) is 7.49. The molecular formula is C21H18N2O5S. The molecule has 1 aliphatic rings. The Morgan fingerprint density at radius 3 is 2.52 bits per heavy atom. The van der Waals surface area contributed by atoms with Crippen LogP contribution in [0.3, 0.4) is 0 Å². The summed E-state index contributed by atoms with van der Waals surface area (Å²) in [5.74, 6) is -1.97. The third-order valence-corrected chi connectivity index (χ3v) is 5.02. The van der Waals surface area contributed by atoms with Crippen LogP contribution in [0.1, 0.15) is 16.7 Å². The zero-order chi connectivity index (χ0) is 21.0. The third-order valence-electron chi connectivity index (χ3n) is 4.11. The van der Waals surface area contributed by atoms with Crippen molar-refractivity contribution in [3.63, 3.8) is 0 Å². The van der Waals surface area contributed by atoms with E-state index in [1.165, 1.54) is 0 Å². The van der Waals surface area contributed by atoms with Crippen molar-refractivity contribution in [2.24, 2.45) is 0 Å². The molecule has 2 aromatic rings. The van der Waals surface area contributed by atoms with Gasteiger partial charge in [-0.3, -0.25) is 24.1 Å². The number of imide groups is 1. The molecule has 7 nitrogen and oxygen atoms in total. The number of carboxylic acids is 1. The Bertz CT molecular complexity index is 1010. The number of anilines is 1. The fraction of sp³-hybridized carbons (Fsp3) is 0.143. The van der Waals surface area contributed by atoms with Gasteiger partial charge in [0, 0.05) is 5.69 Å². The molecular weight excluding hydrogens is 392 g/mol. The van der Waals surface area contributed by atoms with Crippen LogP contribution in [0.5, 0.6) is 0 Å². The van der Waals surface area contributed by atoms with Crippen molar-refractivity contribution >= 4 is 46.5 Å². The van der Waals surface area contributed by atoms with Crippen molar-refractivity contribution in [2.45, 2.75) is 13.3 Å². The molecule has 148 valence electrons. The van der Waals surface area contributed by atoms with Crippen molar-refractivity contribution in [1.29, 1.82) is 0 Å². The number of aryl methyl sites for hydroxylation is 1. The minimum atomic E-state index is -0.945. The van der Waals surface area contributed by atoms with E-state index in [9.17, 15) is 19.2 Å². The van der Waals surface area contributed by atoms with Gasteiger partial charge in [-0.1, -0.05) is 42.0 Å². The number of carboxylic acid groups (broad SMARTS) is 1. The van der Waals surface area contributed by atoms with Crippen molar-refractivity contribution in [2.75, 3.05) is 11.9 Å². The van der Waals surface area contributed by atoms with E-state index in [0.717, 1.165) is 27.8 Å². The van der Waals surface area contributed by atoms with E-state index in [1.54, 1.807) is 30.3 Å². The van der Waals surface area contributed by atoms with Crippen molar-refractivity contribution in [3.05, 3.63) is 70.1 Å². The fourth-order valence-electron chi connectivity index (χ4n) is 2.77. The lowest BCUT2D eigenvalue weighted by atomic mass is 10.1. The lowest BCUT2D eigenvalue weighted by Gasteiger charge is -2.12. The molecule has 0 atom stereocenters. The molecule has 1 aliphatic heterocycles. The normalized spacial score (nSPS) is 15.1. The Kier molecular flexibility index (Phi) is 6.13. The number of thioether (sulfide) groups is 1. The maximum Gasteiger partial charge on any atom is 0.307 e. The number of hydrogen-bond donors (Lipinski definition) is 2. The monoisotopic (exact) mass is 410 g/mol. The number of hydrogen-bond acceptors (Lipinski definition) is 5. The summed E-state index contributed by atoms with van der Waals surface area (Å²) in [6.45, 7) is 1.54. The van der Waals surface area contributed by atoms with Gasteiger partial charge in [-0.25, -0.2) is 0 Å². The highest BCUT2D eigenvalue weighted by Crippen LogP contribution is 2.32. The lowest BCUT2D eigenvalue weighted by Crippen LogP contribution is -2.36. The van der Waals surface area contributed by atoms with Crippen LogP contribution in [0.15, 0.2) is 53.4 Å². The minimum absolute atomic E-state index is 0.113. The summed E-state index contributed by atoms with van der Waals surface area (Å²) in [4.78, 5) is 48.8. The van der Waals surface area contributed by atoms with Crippen LogP contribution in [0, 0.1) is 6.92 Å². The minimum Gasteiger partial charge on any atom is -0.481 e. The molecule has 0 saturated carbocycles. The number of aliphatic carboxylic acids is 1. The van der Waals surface area contributed by atoms with Crippen molar-refractivity contribution in [3.8, 4) is 0 Å². The van der Waals surface area contributed by atoms with Crippen LogP contribution in [0.4, 0.5) is 10.5 Å². The Morgan fingerprint density at radius 2 is 1.86 bits per heavy atom. The summed E-state index contributed by atoms with van der Waals surface area (Å²) in [5.41, 5.74) is 2.89. The lowest BCUT2D eigenvalue weighted by molar-refractivity contribution is -0.136. The molecule has 8 heteroatoms. The van der Waals surface area contributed by atoms with Crippen LogP contribution < -0.4 is 5.32 Å². The highest BCUT2D eigenvalue weighted by Gasteiger charge is 2.36. The first kappa shape index (κ1) is 20.3. The van der Waals surface area contributed by atoms with Crippen LogP contribution in [-0.4, -0.2) is 39.6 Å². The molecule has 29 heavy (non-hydrogen) atoms. The van der Waals surface area contributed by atoms with Crippen molar-refractivity contribution in [1.82, 2.24) is 4.90 Å². The van der Waals surface area contributed by atoms with Gasteiger partial charge in [0.25, 0.3) is 11.1 Å². The number of benzene rings is 2. The Morgan fingerprint density at radius 1 is 1.14 bits per heavy atom. The molecule has 1 fully saturated rings. The van der Waals surface area contributed by atoms with Gasteiger partial charge in [0.05, 0.1) is 11.3 Å². The van der Waals surface area contributed by atoms with Gasteiger partial charge in [-0.05, 0) is 48.0 Å². The SMILES string of the molecule is Cc1cccc(/C=C2\SC(=O)N(CC(=O)Nc3ccc(CC(=O)O)cc3)C2=O)c1. The largest absolute Gasteiger partial charge is 0.481 e. The third kappa shape index (κ3) is 5.32. The average Bonchev–Trinajstić information content (AvgIpc) is 2.90. The van der Waals surface area contributed by atoms with Crippen molar-refractivity contribution < 1.29 is 24.3 Å². The van der Waals surface area contributed by atoms with Gasteiger partial charge in [-0.15, -0.1) is 0 Å². The second-order valence-electron chi connectivity index (χ2n) is 6.50. The predicted molar refractivity (Wildman–Crippen MR) is 110 cm³/mol. The zero-order valence-corrected chi connectivity index (χ0v) is 16.4. The van der Waals surface area contributed by atoms with E-state index in [1.807, 2.05) is 31.2 Å². The van der Waals surface area contributed by atoms with Crippen LogP contribution in [-0.2, 0) is 20.8 Å². The fourth-order valence-corrected chi connectivity index (χ4v) is 3.61. The second kappa shape index (κ2) is 8.74. The van der Waals surface area contributed by atoms with E-state index in [0.29, 0.717) is 11.3 Å². The van der Waals surface area contributed by atoms with Gasteiger partial charge >= 0.3 is 5.97 Å². The standard InChI is InChI=1S/C21H18N2O5S/c1-13-3-2-4-15(9-13)10-17-20(27)23(21(28)29-17)12-18(24)22-16-7-5-14(6-8-16)11-19(25)26/h2-10H,11-12H2,1H3,(H,22,24)(H,25,26)/b17-10-. The molecule has 1 heterocycles. The molecule has 1 saturated heterocycles. The number of amides is 3. The van der Waals surface area contributed by atoms with E-state index in [4.69, 9.17) is 5.11 Å². The van der Waals surface area contributed by atoms with E-state index in [-0.39, 0.29) is 11.3 Å². The summed E-state index contributed by atoms with van der Waals surface area (Å²) < 4.78 is 0. The quantitative estimate of drug-likeness (QED) is 0.708. The average molecular weight is 410 g/mol. The molecule has 0 aliphatic carbocycles. The highest BCUT2D eigenvalue weighted by atomic mass is 32.2. The molecule has 0 bridgehead atoms. The summed E-state index contributed by atoms with van der Waals surface area (Å²) >= 11 is 0.801. The van der Waals surface area contributed by atoms with Crippen LogP contribution >= 0.6 is 11.8 Å². The van der Waals surface area contributed by atoms with Gasteiger partial charge < -0.3 is 10.4 Å². The number of carbonyl (C=O) groups is 4. The van der Waals surface area contributed by atoms with Gasteiger partial charge in [0.1, 0.15) is 6.54 Å². The van der Waals surface area contributed by atoms with Gasteiger partial charge in [-0.2, -0.15) is 0 Å².